The zero-order valence-corrected chi connectivity index (χ0v) is 20.0. The van der Waals surface area contributed by atoms with Gasteiger partial charge >= 0.3 is 0 Å². The third-order valence-electron chi connectivity index (χ3n) is 5.03. The van der Waals surface area contributed by atoms with Crippen molar-refractivity contribution in [1.29, 1.82) is 0 Å². The van der Waals surface area contributed by atoms with E-state index in [9.17, 15) is 0 Å². The third kappa shape index (κ3) is 8.63. The van der Waals surface area contributed by atoms with Crippen LogP contribution in [0.15, 0.2) is 35.3 Å². The summed E-state index contributed by atoms with van der Waals surface area (Å²) < 4.78 is 5.41. The molecule has 1 aromatic rings. The number of aliphatic imine (C=N–C) groups is 1. The van der Waals surface area contributed by atoms with Crippen LogP contribution in [0.5, 0.6) is 0 Å². The minimum absolute atomic E-state index is 0. The topological polar surface area (TPSA) is 52.1 Å². The number of likely N-dealkylation sites (N-methyl/N-ethyl adjacent to an activating group) is 1. The molecule has 28 heavy (non-hydrogen) atoms. The molecule has 0 bridgehead atoms. The Morgan fingerprint density at radius 3 is 2.39 bits per heavy atom. The van der Waals surface area contributed by atoms with Gasteiger partial charge in [-0.3, -0.25) is 14.8 Å². The predicted octanol–water partition coefficient (Wildman–Crippen LogP) is 2.57. The summed E-state index contributed by atoms with van der Waals surface area (Å²) in [7, 11) is 0. The zero-order chi connectivity index (χ0) is 19.3. The summed E-state index contributed by atoms with van der Waals surface area (Å²) in [6.45, 7) is 15.8. The van der Waals surface area contributed by atoms with Crippen LogP contribution in [0, 0.1) is 0 Å². The summed E-state index contributed by atoms with van der Waals surface area (Å²) in [5.74, 6) is 0.902. The van der Waals surface area contributed by atoms with E-state index in [0.29, 0.717) is 6.04 Å². The fourth-order valence-corrected chi connectivity index (χ4v) is 3.45. The van der Waals surface area contributed by atoms with E-state index in [2.05, 4.69) is 71.5 Å². The molecule has 0 amide bonds. The Hall–Kier alpha value is -0.900. The molecule has 160 valence electrons. The van der Waals surface area contributed by atoms with Crippen LogP contribution < -0.4 is 10.6 Å². The first-order valence-electron chi connectivity index (χ1n) is 10.4. The van der Waals surface area contributed by atoms with Crippen molar-refractivity contribution in [3.63, 3.8) is 0 Å². The maximum absolute atomic E-state index is 5.41. The maximum atomic E-state index is 5.41. The summed E-state index contributed by atoms with van der Waals surface area (Å²) >= 11 is 0. The van der Waals surface area contributed by atoms with Gasteiger partial charge in [0.05, 0.1) is 25.8 Å². The molecule has 0 aromatic heterocycles. The highest BCUT2D eigenvalue weighted by Gasteiger charge is 2.17. The average Bonchev–Trinajstić information content (AvgIpc) is 2.72. The van der Waals surface area contributed by atoms with Crippen molar-refractivity contribution in [2.75, 3.05) is 65.6 Å². The second-order valence-corrected chi connectivity index (χ2v) is 6.75. The molecule has 6 nitrogen and oxygen atoms in total. The maximum Gasteiger partial charge on any atom is 0.191 e. The Morgan fingerprint density at radius 1 is 1.11 bits per heavy atom. The number of halogens is 1. The van der Waals surface area contributed by atoms with Gasteiger partial charge in [0.15, 0.2) is 5.96 Å². The van der Waals surface area contributed by atoms with Gasteiger partial charge in [-0.15, -0.1) is 24.0 Å². The Bertz CT molecular complexity index is 533. The highest BCUT2D eigenvalue weighted by molar-refractivity contribution is 14.0. The lowest BCUT2D eigenvalue weighted by Gasteiger charge is -2.29. The largest absolute Gasteiger partial charge is 0.379 e. The van der Waals surface area contributed by atoms with Gasteiger partial charge in [0.1, 0.15) is 0 Å². The summed E-state index contributed by atoms with van der Waals surface area (Å²) in [5, 5.41) is 6.87. The summed E-state index contributed by atoms with van der Waals surface area (Å²) in [6.07, 6.45) is 0. The van der Waals surface area contributed by atoms with Gasteiger partial charge < -0.3 is 15.4 Å². The molecule has 1 fully saturated rings. The number of rotatable bonds is 10. The number of morpholine rings is 1. The third-order valence-corrected chi connectivity index (χ3v) is 5.03. The quantitative estimate of drug-likeness (QED) is 0.292. The van der Waals surface area contributed by atoms with E-state index in [1.165, 1.54) is 5.56 Å². The van der Waals surface area contributed by atoms with Crippen molar-refractivity contribution >= 4 is 29.9 Å². The number of ether oxygens (including phenoxy) is 1. The van der Waals surface area contributed by atoms with E-state index in [4.69, 9.17) is 9.73 Å². The van der Waals surface area contributed by atoms with Crippen molar-refractivity contribution in [2.24, 2.45) is 4.99 Å². The monoisotopic (exact) mass is 503 g/mol. The van der Waals surface area contributed by atoms with Gasteiger partial charge in [-0.25, -0.2) is 0 Å². The Balaban J connectivity index is 0.00000392. The lowest BCUT2D eigenvalue weighted by atomic mass is 10.1. The zero-order valence-electron chi connectivity index (χ0n) is 17.7. The molecular formula is C21H38IN5O. The fraction of sp³-hybridized carbons (Fsp3) is 0.667. The van der Waals surface area contributed by atoms with Crippen LogP contribution in [0.1, 0.15) is 32.4 Å². The fourth-order valence-electron chi connectivity index (χ4n) is 3.45. The Morgan fingerprint density at radius 2 is 1.79 bits per heavy atom. The van der Waals surface area contributed by atoms with E-state index < -0.39 is 0 Å². The van der Waals surface area contributed by atoms with Gasteiger partial charge in [0, 0.05) is 32.7 Å². The van der Waals surface area contributed by atoms with Gasteiger partial charge in [-0.2, -0.15) is 0 Å². The van der Waals surface area contributed by atoms with Crippen molar-refractivity contribution in [2.45, 2.75) is 26.8 Å². The van der Waals surface area contributed by atoms with Crippen LogP contribution in [0.3, 0.4) is 0 Å². The van der Waals surface area contributed by atoms with Crippen LogP contribution in [-0.4, -0.2) is 81.3 Å². The van der Waals surface area contributed by atoms with E-state index in [0.717, 1.165) is 71.5 Å². The van der Waals surface area contributed by atoms with Gasteiger partial charge in [0.2, 0.25) is 0 Å². The van der Waals surface area contributed by atoms with Crippen molar-refractivity contribution < 1.29 is 4.74 Å². The SMILES string of the molecule is CCNC(=NCC(c1ccccc1)N(CC)CC)NCCN1CCOCC1.I. The number of nitrogens with zero attached hydrogens (tertiary/aromatic N) is 3. The van der Waals surface area contributed by atoms with Crippen LogP contribution in [0.4, 0.5) is 0 Å². The van der Waals surface area contributed by atoms with Gasteiger partial charge in [-0.1, -0.05) is 44.2 Å². The van der Waals surface area contributed by atoms with Crippen molar-refractivity contribution in [1.82, 2.24) is 20.4 Å². The molecule has 0 spiro atoms. The second kappa shape index (κ2) is 15.0. The molecule has 1 atom stereocenters. The Labute approximate surface area is 188 Å². The number of nitrogens with one attached hydrogen (secondary N) is 2. The molecule has 0 saturated carbocycles. The molecule has 1 aliphatic heterocycles. The molecule has 1 unspecified atom stereocenters. The molecule has 1 saturated heterocycles. The number of guanidine groups is 1. The van der Waals surface area contributed by atoms with E-state index in [-0.39, 0.29) is 24.0 Å². The van der Waals surface area contributed by atoms with Crippen LogP contribution in [-0.2, 0) is 4.74 Å². The number of hydrogen-bond donors (Lipinski definition) is 2. The van der Waals surface area contributed by atoms with Crippen molar-refractivity contribution in [3.05, 3.63) is 35.9 Å². The molecule has 7 heteroatoms. The first kappa shape index (κ1) is 25.1. The van der Waals surface area contributed by atoms with Crippen LogP contribution >= 0.6 is 24.0 Å². The Kier molecular flexibility index (Phi) is 13.5. The summed E-state index contributed by atoms with van der Waals surface area (Å²) in [5.41, 5.74) is 1.33. The minimum atomic E-state index is 0. The van der Waals surface area contributed by atoms with E-state index >= 15 is 0 Å². The molecule has 2 rings (SSSR count). The van der Waals surface area contributed by atoms with Crippen molar-refractivity contribution in [3.8, 4) is 0 Å². The summed E-state index contributed by atoms with van der Waals surface area (Å²) in [4.78, 5) is 9.80. The van der Waals surface area contributed by atoms with E-state index in [1.54, 1.807) is 0 Å². The molecule has 2 N–H and O–H groups in total. The first-order chi connectivity index (χ1) is 13.3. The molecule has 1 heterocycles. The van der Waals surface area contributed by atoms with Gasteiger partial charge in [-0.05, 0) is 25.6 Å². The summed E-state index contributed by atoms with van der Waals surface area (Å²) in [6, 6.07) is 11.0. The lowest BCUT2D eigenvalue weighted by Crippen LogP contribution is -2.44. The number of hydrogen-bond acceptors (Lipinski definition) is 4. The van der Waals surface area contributed by atoms with E-state index in [1.807, 2.05) is 0 Å². The predicted molar refractivity (Wildman–Crippen MR) is 129 cm³/mol. The minimum Gasteiger partial charge on any atom is -0.379 e. The molecule has 1 aliphatic rings. The highest BCUT2D eigenvalue weighted by Crippen LogP contribution is 2.20. The lowest BCUT2D eigenvalue weighted by molar-refractivity contribution is 0.0389. The molecule has 1 aromatic carbocycles. The van der Waals surface area contributed by atoms with Crippen LogP contribution in [0.25, 0.3) is 0 Å². The van der Waals surface area contributed by atoms with Gasteiger partial charge in [0.25, 0.3) is 0 Å². The second-order valence-electron chi connectivity index (χ2n) is 6.75. The van der Waals surface area contributed by atoms with Crippen LogP contribution in [0.2, 0.25) is 0 Å². The highest BCUT2D eigenvalue weighted by atomic mass is 127. The molecule has 0 radical (unpaired) electrons. The molecule has 0 aliphatic carbocycles. The first-order valence-corrected chi connectivity index (χ1v) is 10.4. The normalized spacial score (nSPS) is 16.5. The molecular weight excluding hydrogens is 465 g/mol. The smallest absolute Gasteiger partial charge is 0.191 e. The standard InChI is InChI=1S/C21H37N5O.HI/c1-4-22-21(23-12-13-25-14-16-27-17-15-25)24-18-20(26(5-2)6-3)19-10-8-7-9-11-19;/h7-11,20H,4-6,12-18H2,1-3H3,(H2,22,23,24);1H. The average molecular weight is 503 g/mol. The number of benzene rings is 1.